The lowest BCUT2D eigenvalue weighted by Crippen LogP contribution is -2.63. The summed E-state index contributed by atoms with van der Waals surface area (Å²) >= 11 is 1.46. The first-order valence-electron chi connectivity index (χ1n) is 45.7. The van der Waals surface area contributed by atoms with E-state index in [-0.39, 0.29) is 182 Å². The Morgan fingerprint density at radius 2 is 1.21 bits per heavy atom. The summed E-state index contributed by atoms with van der Waals surface area (Å²) < 4.78 is 11.7. The summed E-state index contributed by atoms with van der Waals surface area (Å²) in [6.07, 6.45) is 9.53. The number of carbonyl (C=O) groups is 14. The zero-order valence-corrected chi connectivity index (χ0v) is 77.9. The number of amides is 11. The molecule has 40 nitrogen and oxygen atoms in total. The van der Waals surface area contributed by atoms with Crippen molar-refractivity contribution in [2.45, 2.75) is 239 Å². The third-order valence-electron chi connectivity index (χ3n) is 27.1. The first-order chi connectivity index (χ1) is 61.5. The van der Waals surface area contributed by atoms with Crippen LogP contribution >= 0.6 is 11.8 Å². The summed E-state index contributed by atoms with van der Waals surface area (Å²) in [6, 6.07) is -1.08. The van der Waals surface area contributed by atoms with Gasteiger partial charge < -0.3 is 110 Å². The number of aromatic amines is 2. The number of aromatic nitrogens is 3. The van der Waals surface area contributed by atoms with Gasteiger partial charge in [-0.1, -0.05) is 66.7 Å². The highest BCUT2D eigenvalue weighted by molar-refractivity contribution is 7.98. The summed E-state index contributed by atoms with van der Waals surface area (Å²) in [5.74, 6) is -10.3. The van der Waals surface area contributed by atoms with Crippen LogP contribution in [0.1, 0.15) is 164 Å². The molecule has 0 radical (unpaired) electrons. The zero-order valence-electron chi connectivity index (χ0n) is 77.1. The van der Waals surface area contributed by atoms with E-state index in [4.69, 9.17) is 20.9 Å². The van der Waals surface area contributed by atoms with Crippen molar-refractivity contribution in [2.24, 2.45) is 69.6 Å². The number of fused-ring (bicyclic) bond motifs is 6. The molecule has 3 heterocycles. The van der Waals surface area contributed by atoms with Gasteiger partial charge in [0.1, 0.15) is 49.1 Å². The molecule has 11 amide bonds. The van der Waals surface area contributed by atoms with Crippen LogP contribution in [0.5, 0.6) is 0 Å². The Balaban J connectivity index is 0.813. The van der Waals surface area contributed by atoms with Crippen LogP contribution in [0.25, 0.3) is 10.9 Å². The van der Waals surface area contributed by atoms with Gasteiger partial charge in [-0.3, -0.25) is 86.7 Å². The number of aliphatic hydroxyl groups is 2. The molecule has 2 unspecified atom stereocenters. The average Bonchev–Trinajstić information content (AvgIpc) is 1.45. The van der Waals surface area contributed by atoms with Crippen LogP contribution in [-0.2, 0) is 89.4 Å². The molecule has 1 aromatic carbocycles. The number of carboxylic acid groups (broad SMARTS) is 3. The highest BCUT2D eigenvalue weighted by Gasteiger charge is 2.66. The monoisotopic (exact) mass is 1850 g/mol. The number of aliphatic hydroxyl groups excluding tert-OH is 2. The lowest BCUT2D eigenvalue weighted by Gasteiger charge is -2.63. The Kier molecular flexibility index (Phi) is 41.1. The number of para-hydroxylation sites is 1. The van der Waals surface area contributed by atoms with Gasteiger partial charge in [-0.05, 0) is 186 Å². The van der Waals surface area contributed by atoms with E-state index < -0.39 is 162 Å². The van der Waals surface area contributed by atoms with Gasteiger partial charge in [0, 0.05) is 107 Å². The molecule has 3 aromatic rings. The van der Waals surface area contributed by atoms with Crippen LogP contribution in [0.15, 0.2) is 43.0 Å². The summed E-state index contributed by atoms with van der Waals surface area (Å²) in [6.45, 7) is 18.5. The second-order valence-corrected chi connectivity index (χ2v) is 38.4. The summed E-state index contributed by atoms with van der Waals surface area (Å²) in [5, 5.41) is 82.6. The Morgan fingerprint density at radius 1 is 0.615 bits per heavy atom. The summed E-state index contributed by atoms with van der Waals surface area (Å²) in [7, 11) is 0. The molecule has 5 fully saturated rings. The molecule has 41 heteroatoms. The van der Waals surface area contributed by atoms with Crippen molar-refractivity contribution in [3.63, 3.8) is 0 Å². The van der Waals surface area contributed by atoms with Gasteiger partial charge in [-0.2, -0.15) is 11.8 Å². The number of rotatable bonds is 49. The molecule has 1 aliphatic heterocycles. The van der Waals surface area contributed by atoms with Crippen molar-refractivity contribution in [3.8, 4) is 0 Å². The van der Waals surface area contributed by atoms with Crippen molar-refractivity contribution < 1.29 is 102 Å². The third-order valence-corrected chi connectivity index (χ3v) is 27.8. The predicted octanol–water partition coefficient (Wildman–Crippen LogP) is -0.296. The number of benzene rings is 1. The number of H-pyrrole nitrogens is 2. The summed E-state index contributed by atoms with van der Waals surface area (Å²) in [4.78, 5) is 203. The highest BCUT2D eigenvalue weighted by atomic mass is 32.2. The number of imidazole rings is 1. The molecule has 1 saturated heterocycles. The molecule has 21 N–H and O–H groups in total. The van der Waals surface area contributed by atoms with E-state index in [1.54, 1.807) is 53.5 Å². The number of hydrogen-bond acceptors (Lipinski definition) is 25. The second kappa shape index (κ2) is 50.4. The number of nitrogens with two attached hydrogens (primary N) is 2. The number of nitrogens with one attached hydrogen (secondary N) is 12. The van der Waals surface area contributed by atoms with Gasteiger partial charge in [0.05, 0.1) is 57.3 Å². The number of hydrogen-bond donors (Lipinski definition) is 19. The van der Waals surface area contributed by atoms with E-state index in [1.165, 1.54) is 31.2 Å². The molecule has 5 aliphatic rings. The van der Waals surface area contributed by atoms with E-state index in [2.05, 4.69) is 88.9 Å². The van der Waals surface area contributed by atoms with Gasteiger partial charge >= 0.3 is 17.9 Å². The van der Waals surface area contributed by atoms with Crippen LogP contribution in [0.4, 0.5) is 0 Å². The van der Waals surface area contributed by atoms with Gasteiger partial charge in [0.25, 0.3) is 0 Å². The minimum atomic E-state index is -1.30. The number of aliphatic carboxylic acids is 3. The van der Waals surface area contributed by atoms with Crippen molar-refractivity contribution in [1.29, 1.82) is 0 Å². The van der Waals surface area contributed by atoms with Crippen LogP contribution in [0.2, 0.25) is 0 Å². The molecule has 0 spiro atoms. The van der Waals surface area contributed by atoms with Crippen LogP contribution in [0.3, 0.4) is 0 Å². The van der Waals surface area contributed by atoms with E-state index in [1.807, 2.05) is 44.4 Å². The van der Waals surface area contributed by atoms with Crippen molar-refractivity contribution in [3.05, 3.63) is 54.2 Å². The minimum Gasteiger partial charge on any atom is -0.480 e. The molecule has 20 atom stereocenters. The van der Waals surface area contributed by atoms with Gasteiger partial charge in [0.2, 0.25) is 65.0 Å². The Morgan fingerprint density at radius 3 is 1.80 bits per heavy atom. The quantitative estimate of drug-likeness (QED) is 0.0255. The van der Waals surface area contributed by atoms with Gasteiger partial charge in [0.15, 0.2) is 6.29 Å². The van der Waals surface area contributed by atoms with Crippen LogP contribution in [-0.4, -0.2) is 326 Å². The Bertz CT molecular complexity index is 4260. The SMILES string of the molecule is CSCC[C@H](NC(=O)[C@H](CC(C)C)NC(=O)[C@H](Cc1cnc[nH]1)NC(=O)CNC(=O)[C@@H](NC(=O)[C@H](C)NC(=O)[C@H](Cc1c[nH]c2ccccc12)NC(=O)[C@H](CCC(N)=O)NCCC[C@@H](C)[C@H]1CC[C@H]2[C@@H]3[C@H](O)C[C@@H]4C[C@@H](NC(=O)COC(C)OC(C)NC(=O)CN5CCN(CC(=O)O)CCN(CC(=O)O)CCN(CC(=O)O)CC5)CC[C@]4(C)[C@H]3C[C@H](O)[C@]12C)C(C)C)C(N)=O. The molecule has 726 valence electrons. The van der Waals surface area contributed by atoms with E-state index >= 15 is 0 Å². The molecule has 130 heavy (non-hydrogen) atoms. The molecule has 4 aliphatic carbocycles. The number of carboxylic acids is 3. The minimum absolute atomic E-state index is 0.0158. The number of thioether (sulfide) groups is 1. The third kappa shape index (κ3) is 31.4. The number of primary amides is 2. The lowest BCUT2D eigenvalue weighted by atomic mass is 9.43. The number of carbonyl (C=O) groups excluding carboxylic acids is 11. The molecule has 4 saturated carbocycles. The van der Waals surface area contributed by atoms with E-state index in [0.717, 1.165) is 30.2 Å². The maximum absolute atomic E-state index is 14.7. The average molecular weight is 1850 g/mol. The fraction of sp³-hybridized carbons (Fsp3) is 0.719. The fourth-order valence-corrected chi connectivity index (χ4v) is 20.7. The first kappa shape index (κ1) is 106. The van der Waals surface area contributed by atoms with Gasteiger partial charge in [-0.25, -0.2) is 4.98 Å². The Labute approximate surface area is 764 Å². The largest absolute Gasteiger partial charge is 0.480 e. The molecule has 8 rings (SSSR count). The Hall–Kier alpha value is -9.46. The first-order valence-corrected chi connectivity index (χ1v) is 47.1. The topological polar surface area (TPSA) is 588 Å². The van der Waals surface area contributed by atoms with Crippen LogP contribution < -0.4 is 64.6 Å². The summed E-state index contributed by atoms with van der Waals surface area (Å²) in [5.41, 5.74) is 12.4. The van der Waals surface area contributed by atoms with Crippen molar-refractivity contribution in [2.75, 3.05) is 110 Å². The number of nitrogens with zero attached hydrogens (tertiary/aromatic N) is 5. The van der Waals surface area contributed by atoms with Crippen LogP contribution in [0, 0.1) is 58.2 Å². The molecular formula is C89H143N19O21S. The molecule has 2 aromatic heterocycles. The lowest BCUT2D eigenvalue weighted by molar-refractivity contribution is -0.203. The maximum atomic E-state index is 14.7. The smallest absolute Gasteiger partial charge is 0.317 e. The molecular weight excluding hydrogens is 1700 g/mol. The maximum Gasteiger partial charge on any atom is 0.317 e. The van der Waals surface area contributed by atoms with E-state index in [0.29, 0.717) is 62.1 Å². The second-order valence-electron chi connectivity index (χ2n) is 37.4. The predicted molar refractivity (Wildman–Crippen MR) is 482 cm³/mol. The van der Waals surface area contributed by atoms with Crippen molar-refractivity contribution >= 4 is 106 Å². The normalized spacial score (nSPS) is 24.7. The molecule has 0 bridgehead atoms. The standard InChI is InChI=1S/C89H143N19O21S/c1-50(2)35-67(85(125)101-65(81(91)121)23-34-130-11)102-86(126)69(39-59-42-92-49-96-59)100-73(112)43-95-87(127)80(51(3)4)104-82(122)53(6)97-84(124)68(36-56-41-94-64-17-13-12-16-60(56)64)103-83(123)66(20-21-72(90)111)93-25-14-15-52(5)61-18-19-62-79-63(40-71(110)89(61,62)10)88(9)24-22-58(37-57(88)38-70(79)109)99-75(114)48-128-55(8)129-54(7)98-74(113)44-105-26-28-106(45-76(115)116)30-32-108(47-78(119)120)33-31-107(29-27-105)46-77(117)118/h12-13,16-17,41-42,49-55,57-58,61-63,65-71,79-80,93-94,109-110H,14-15,18-40,43-48H2,1-11H3,(H2,90,111)(H2,91,121)(H,92,96)(H,95,127)(H,97,124)(H,98,113)(H,99,114)(H,100,112)(H,101,125)(H,102,126)(H,103,123)(H,104,122)(H,115,116)(H,117,118)(H,119,120)/t52-,53+,54?,55?,57+,58+,61-,62+,63+,65+,66+,67+,68+,69+,70-,71+,79+,80+,88+,89-/m1/s1. The van der Waals surface area contributed by atoms with E-state index in [9.17, 15) is 92.7 Å². The highest BCUT2D eigenvalue weighted by Crippen LogP contribution is 2.68. The van der Waals surface area contributed by atoms with Gasteiger partial charge in [-0.15, -0.1) is 0 Å². The number of ether oxygens (including phenoxy) is 2. The fourth-order valence-electron chi connectivity index (χ4n) is 20.2. The zero-order chi connectivity index (χ0) is 95.4. The van der Waals surface area contributed by atoms with Crippen molar-refractivity contribution in [1.82, 2.24) is 87.7 Å².